The molecule has 11 rings (SSSR count). The standard InChI is InChI=1S/C43H27N3S2/c1-23(2)38-42-39(30-17-9-10-18-32(30)47-42)45-43(44-38)46-31-21-19-24-11-3-5-13-26(24)34(31)36-37-35-27-14-6-4-12-25(27)20-22-33(35)48-41(37)29-16-8-7-15-28(29)40(36)46/h3-23H,1-2H3. The van der Waals surface area contributed by atoms with Crippen LogP contribution in [0.5, 0.6) is 0 Å². The molecule has 0 N–H and O–H groups in total. The van der Waals surface area contributed by atoms with E-state index in [1.165, 1.54) is 83.6 Å². The Balaban J connectivity index is 1.46. The second kappa shape index (κ2) is 9.60. The highest BCUT2D eigenvalue weighted by Gasteiger charge is 2.26. The van der Waals surface area contributed by atoms with Crippen LogP contribution in [0.3, 0.4) is 0 Å². The zero-order chi connectivity index (χ0) is 31.7. The molecule has 4 aromatic heterocycles. The van der Waals surface area contributed by atoms with Gasteiger partial charge in [0.1, 0.15) is 0 Å². The van der Waals surface area contributed by atoms with Crippen molar-refractivity contribution < 1.29 is 0 Å². The summed E-state index contributed by atoms with van der Waals surface area (Å²) in [7, 11) is 0. The number of fused-ring (bicyclic) bond motifs is 17. The summed E-state index contributed by atoms with van der Waals surface area (Å²) in [6, 6.07) is 44.4. The molecule has 226 valence electrons. The van der Waals surface area contributed by atoms with Gasteiger partial charge in [-0.3, -0.25) is 4.57 Å². The Hall–Kier alpha value is -5.36. The van der Waals surface area contributed by atoms with E-state index in [0.29, 0.717) is 0 Å². The molecule has 7 aromatic carbocycles. The third-order valence-electron chi connectivity index (χ3n) is 10.1. The molecule has 11 aromatic rings. The Morgan fingerprint density at radius 2 is 1.12 bits per heavy atom. The lowest BCUT2D eigenvalue weighted by molar-refractivity contribution is 0.818. The lowest BCUT2D eigenvalue weighted by Gasteiger charge is -2.13. The summed E-state index contributed by atoms with van der Waals surface area (Å²) in [5.74, 6) is 0.978. The zero-order valence-corrected chi connectivity index (χ0v) is 27.9. The zero-order valence-electron chi connectivity index (χ0n) is 26.3. The van der Waals surface area contributed by atoms with Crippen molar-refractivity contribution in [2.75, 3.05) is 0 Å². The molecule has 0 saturated carbocycles. The van der Waals surface area contributed by atoms with E-state index in [1.807, 2.05) is 11.3 Å². The van der Waals surface area contributed by atoms with Gasteiger partial charge in [0.15, 0.2) is 0 Å². The molecule has 0 radical (unpaired) electrons. The molecule has 3 nitrogen and oxygen atoms in total. The fourth-order valence-electron chi connectivity index (χ4n) is 8.04. The quantitative estimate of drug-likeness (QED) is 0.187. The van der Waals surface area contributed by atoms with E-state index in [4.69, 9.17) is 9.97 Å². The molecule has 0 saturated heterocycles. The molecule has 0 aliphatic carbocycles. The molecule has 5 heteroatoms. The third kappa shape index (κ3) is 3.42. The Morgan fingerprint density at radius 3 is 1.90 bits per heavy atom. The van der Waals surface area contributed by atoms with Gasteiger partial charge < -0.3 is 0 Å². The van der Waals surface area contributed by atoms with Crippen molar-refractivity contribution in [3.8, 4) is 5.95 Å². The molecule has 0 unspecified atom stereocenters. The molecule has 4 heterocycles. The van der Waals surface area contributed by atoms with E-state index >= 15 is 0 Å². The van der Waals surface area contributed by atoms with Gasteiger partial charge in [0.2, 0.25) is 5.95 Å². The number of nitrogens with zero attached hydrogens (tertiary/aromatic N) is 3. The van der Waals surface area contributed by atoms with Gasteiger partial charge in [0.25, 0.3) is 0 Å². The summed E-state index contributed by atoms with van der Waals surface area (Å²) < 4.78 is 7.46. The summed E-state index contributed by atoms with van der Waals surface area (Å²) >= 11 is 3.72. The van der Waals surface area contributed by atoms with Crippen LogP contribution in [-0.4, -0.2) is 14.5 Å². The van der Waals surface area contributed by atoms with Crippen molar-refractivity contribution in [2.45, 2.75) is 19.8 Å². The summed E-state index contributed by atoms with van der Waals surface area (Å²) in [6.45, 7) is 4.49. The molecule has 0 bridgehead atoms. The molecule has 48 heavy (non-hydrogen) atoms. The fraction of sp³-hybridized carbons (Fsp3) is 0.0698. The summed E-state index contributed by atoms with van der Waals surface area (Å²) in [5.41, 5.74) is 4.45. The topological polar surface area (TPSA) is 30.7 Å². The number of aromatic nitrogens is 3. The van der Waals surface area contributed by atoms with Crippen LogP contribution in [0.4, 0.5) is 0 Å². The minimum Gasteiger partial charge on any atom is -0.277 e. The lowest BCUT2D eigenvalue weighted by atomic mass is 9.95. The summed E-state index contributed by atoms with van der Waals surface area (Å²) in [4.78, 5) is 11.0. The Kier molecular flexibility index (Phi) is 5.34. The van der Waals surface area contributed by atoms with Crippen molar-refractivity contribution in [3.05, 3.63) is 127 Å². The van der Waals surface area contributed by atoms with Gasteiger partial charge in [0, 0.05) is 51.8 Å². The van der Waals surface area contributed by atoms with Crippen LogP contribution < -0.4 is 0 Å². The highest BCUT2D eigenvalue weighted by Crippen LogP contribution is 2.51. The van der Waals surface area contributed by atoms with Gasteiger partial charge in [-0.1, -0.05) is 117 Å². The molecule has 0 fully saturated rings. The predicted octanol–water partition coefficient (Wildman–Crippen LogP) is 12.9. The highest BCUT2D eigenvalue weighted by molar-refractivity contribution is 7.27. The maximum Gasteiger partial charge on any atom is 0.235 e. The van der Waals surface area contributed by atoms with E-state index in [9.17, 15) is 0 Å². The first-order valence-corrected chi connectivity index (χ1v) is 18.1. The van der Waals surface area contributed by atoms with Crippen LogP contribution in [0.25, 0.3) is 101 Å². The predicted molar refractivity (Wildman–Crippen MR) is 209 cm³/mol. The summed E-state index contributed by atoms with van der Waals surface area (Å²) in [6.07, 6.45) is 0. The number of hydrogen-bond donors (Lipinski definition) is 0. The first-order chi connectivity index (χ1) is 23.7. The van der Waals surface area contributed by atoms with Gasteiger partial charge in [-0.05, 0) is 45.7 Å². The minimum atomic E-state index is 0.242. The number of rotatable bonds is 2. The van der Waals surface area contributed by atoms with Crippen molar-refractivity contribution in [2.24, 2.45) is 0 Å². The van der Waals surface area contributed by atoms with Crippen LogP contribution in [0.1, 0.15) is 25.5 Å². The normalized spacial score (nSPS) is 12.6. The largest absolute Gasteiger partial charge is 0.277 e. The van der Waals surface area contributed by atoms with E-state index in [0.717, 1.165) is 22.7 Å². The first kappa shape index (κ1) is 26.7. The molecular weight excluding hydrogens is 623 g/mol. The number of benzene rings is 7. The first-order valence-electron chi connectivity index (χ1n) is 16.5. The third-order valence-corrected chi connectivity index (χ3v) is 12.5. The maximum atomic E-state index is 5.48. The molecule has 0 atom stereocenters. The molecule has 0 aliphatic heterocycles. The Morgan fingerprint density at radius 1 is 0.500 bits per heavy atom. The second-order valence-electron chi connectivity index (χ2n) is 13.1. The highest BCUT2D eigenvalue weighted by atomic mass is 32.1. The fourth-order valence-corrected chi connectivity index (χ4v) is 10.6. The maximum absolute atomic E-state index is 5.48. The van der Waals surface area contributed by atoms with Gasteiger partial charge in [-0.2, -0.15) is 0 Å². The average molecular weight is 650 g/mol. The second-order valence-corrected chi connectivity index (χ2v) is 15.2. The molecular formula is C43H27N3S2. The van der Waals surface area contributed by atoms with Gasteiger partial charge >= 0.3 is 0 Å². The van der Waals surface area contributed by atoms with Crippen LogP contribution in [0.2, 0.25) is 0 Å². The van der Waals surface area contributed by atoms with Crippen molar-refractivity contribution >= 4 is 117 Å². The minimum absolute atomic E-state index is 0.242. The smallest absolute Gasteiger partial charge is 0.235 e. The average Bonchev–Trinajstić information content (AvgIpc) is 3.81. The number of hydrogen-bond acceptors (Lipinski definition) is 4. The monoisotopic (exact) mass is 649 g/mol. The molecule has 0 spiro atoms. The van der Waals surface area contributed by atoms with Crippen LogP contribution in [-0.2, 0) is 0 Å². The number of thiophene rings is 2. The van der Waals surface area contributed by atoms with E-state index < -0.39 is 0 Å². The molecule has 0 aliphatic rings. The SMILES string of the molecule is CC(C)c1nc(-n2c3ccc4ccccc4c3c3c4c(sc5ccc6ccccc6c54)c4ccccc4c32)nc2c1sc1ccccc12. The van der Waals surface area contributed by atoms with E-state index in [-0.39, 0.29) is 5.92 Å². The van der Waals surface area contributed by atoms with Gasteiger partial charge in [-0.25, -0.2) is 9.97 Å². The van der Waals surface area contributed by atoms with Crippen molar-refractivity contribution in [1.82, 2.24) is 14.5 Å². The Labute approximate surface area is 283 Å². The molecule has 0 amide bonds. The van der Waals surface area contributed by atoms with Crippen molar-refractivity contribution in [1.29, 1.82) is 0 Å². The van der Waals surface area contributed by atoms with Crippen LogP contribution in [0.15, 0.2) is 121 Å². The Bertz CT molecular complexity index is 3160. The van der Waals surface area contributed by atoms with Gasteiger partial charge in [0.05, 0.1) is 26.9 Å². The van der Waals surface area contributed by atoms with Crippen LogP contribution >= 0.6 is 22.7 Å². The van der Waals surface area contributed by atoms with Crippen molar-refractivity contribution in [3.63, 3.8) is 0 Å². The van der Waals surface area contributed by atoms with Gasteiger partial charge in [-0.15, -0.1) is 22.7 Å². The summed E-state index contributed by atoms with van der Waals surface area (Å²) in [5, 5.41) is 13.9. The lowest BCUT2D eigenvalue weighted by Crippen LogP contribution is -2.05. The van der Waals surface area contributed by atoms with Crippen LogP contribution in [0, 0.1) is 0 Å². The van der Waals surface area contributed by atoms with E-state index in [2.05, 4.69) is 140 Å². The van der Waals surface area contributed by atoms with E-state index in [1.54, 1.807) is 11.3 Å².